The van der Waals surface area contributed by atoms with Crippen LogP contribution < -0.4 is 9.62 Å². The van der Waals surface area contributed by atoms with Crippen LogP contribution >= 0.6 is 0 Å². The van der Waals surface area contributed by atoms with Crippen molar-refractivity contribution >= 4 is 21.7 Å². The first-order chi connectivity index (χ1) is 12.1. The van der Waals surface area contributed by atoms with Crippen molar-refractivity contribution in [2.45, 2.75) is 43.4 Å². The van der Waals surface area contributed by atoms with Gasteiger partial charge >= 0.3 is 0 Å². The van der Waals surface area contributed by atoms with Crippen LogP contribution in [0.15, 0.2) is 35.5 Å². The molecule has 0 bridgehead atoms. The minimum Gasteiger partial charge on any atom is -0.341 e. The van der Waals surface area contributed by atoms with E-state index in [1.807, 2.05) is 6.07 Å². The molecule has 0 radical (unpaired) electrons. The summed E-state index contributed by atoms with van der Waals surface area (Å²) < 4.78 is 27.9. The molecule has 2 heterocycles. The van der Waals surface area contributed by atoms with Crippen molar-refractivity contribution in [3.05, 3.63) is 41.7 Å². The van der Waals surface area contributed by atoms with Gasteiger partial charge in [-0.05, 0) is 61.8 Å². The van der Waals surface area contributed by atoms with E-state index in [0.717, 1.165) is 50.8 Å². The number of hydrogen-bond acceptors (Lipinski definition) is 5. The van der Waals surface area contributed by atoms with Gasteiger partial charge in [-0.3, -0.25) is 4.72 Å². The maximum atomic E-state index is 12.7. The molecule has 132 valence electrons. The molecular formula is C18H22N4O2S. The SMILES string of the molecule is O=S(=O)(Nc1cnc(N2CCCC2)nc1)c1ccc2c(c1)CCCC2. The fourth-order valence-corrected chi connectivity index (χ4v) is 4.62. The molecule has 2 aliphatic rings. The van der Waals surface area contributed by atoms with E-state index in [1.54, 1.807) is 12.1 Å². The molecule has 1 aliphatic carbocycles. The number of anilines is 2. The number of aromatic nitrogens is 2. The third kappa shape index (κ3) is 3.46. The number of nitrogens with zero attached hydrogens (tertiary/aromatic N) is 3. The minimum atomic E-state index is -3.62. The zero-order chi connectivity index (χ0) is 17.3. The summed E-state index contributed by atoms with van der Waals surface area (Å²) >= 11 is 0. The second-order valence-corrected chi connectivity index (χ2v) is 8.39. The van der Waals surface area contributed by atoms with Crippen molar-refractivity contribution in [3.8, 4) is 0 Å². The van der Waals surface area contributed by atoms with Gasteiger partial charge in [-0.25, -0.2) is 18.4 Å². The third-order valence-electron chi connectivity index (χ3n) is 4.91. The lowest BCUT2D eigenvalue weighted by Crippen LogP contribution is -2.20. The molecule has 1 aromatic carbocycles. The molecule has 4 rings (SSSR count). The first kappa shape index (κ1) is 16.3. The number of rotatable bonds is 4. The van der Waals surface area contributed by atoms with E-state index in [4.69, 9.17) is 0 Å². The van der Waals surface area contributed by atoms with Gasteiger partial charge in [0.25, 0.3) is 10.0 Å². The summed E-state index contributed by atoms with van der Waals surface area (Å²) in [5.74, 6) is 0.661. The number of hydrogen-bond donors (Lipinski definition) is 1. The van der Waals surface area contributed by atoms with Gasteiger partial charge in [-0.1, -0.05) is 6.07 Å². The van der Waals surface area contributed by atoms with Crippen LogP contribution in [-0.2, 0) is 22.9 Å². The lowest BCUT2D eigenvalue weighted by molar-refractivity contribution is 0.600. The Bertz CT molecular complexity index is 859. The number of benzene rings is 1. The highest BCUT2D eigenvalue weighted by atomic mass is 32.2. The Kier molecular flexibility index (Phi) is 4.33. The van der Waals surface area contributed by atoms with Crippen molar-refractivity contribution in [2.24, 2.45) is 0 Å². The van der Waals surface area contributed by atoms with Crippen molar-refractivity contribution in [3.63, 3.8) is 0 Å². The summed E-state index contributed by atoms with van der Waals surface area (Å²) in [4.78, 5) is 11.0. The van der Waals surface area contributed by atoms with Crippen LogP contribution in [0.2, 0.25) is 0 Å². The van der Waals surface area contributed by atoms with Crippen molar-refractivity contribution in [2.75, 3.05) is 22.7 Å². The van der Waals surface area contributed by atoms with Crippen molar-refractivity contribution in [1.29, 1.82) is 0 Å². The second kappa shape index (κ2) is 6.63. The van der Waals surface area contributed by atoms with Gasteiger partial charge in [-0.15, -0.1) is 0 Å². The Labute approximate surface area is 148 Å². The predicted molar refractivity (Wildman–Crippen MR) is 97.4 cm³/mol. The fraction of sp³-hybridized carbons (Fsp3) is 0.444. The smallest absolute Gasteiger partial charge is 0.262 e. The fourth-order valence-electron chi connectivity index (χ4n) is 3.55. The van der Waals surface area contributed by atoms with Gasteiger partial charge in [0.1, 0.15) is 0 Å². The number of aryl methyl sites for hydroxylation is 2. The quantitative estimate of drug-likeness (QED) is 0.909. The molecule has 1 aromatic heterocycles. The van der Waals surface area contributed by atoms with Crippen LogP contribution in [0.1, 0.15) is 36.8 Å². The average Bonchev–Trinajstić information content (AvgIpc) is 3.16. The summed E-state index contributed by atoms with van der Waals surface area (Å²) in [5, 5.41) is 0. The highest BCUT2D eigenvalue weighted by molar-refractivity contribution is 7.92. The first-order valence-corrected chi connectivity index (χ1v) is 10.3. The van der Waals surface area contributed by atoms with Crippen LogP contribution in [0.4, 0.5) is 11.6 Å². The van der Waals surface area contributed by atoms with Crippen LogP contribution in [-0.4, -0.2) is 31.5 Å². The molecule has 1 N–H and O–H groups in total. The maximum absolute atomic E-state index is 12.7. The van der Waals surface area contributed by atoms with Gasteiger partial charge < -0.3 is 4.90 Å². The van der Waals surface area contributed by atoms with Crippen LogP contribution in [0.5, 0.6) is 0 Å². The average molecular weight is 358 g/mol. The molecule has 7 heteroatoms. The Morgan fingerprint density at radius 1 is 0.920 bits per heavy atom. The van der Waals surface area contributed by atoms with Gasteiger partial charge in [0.2, 0.25) is 5.95 Å². The molecule has 25 heavy (non-hydrogen) atoms. The molecule has 0 atom stereocenters. The summed E-state index contributed by atoms with van der Waals surface area (Å²) in [7, 11) is -3.62. The van der Waals surface area contributed by atoms with E-state index >= 15 is 0 Å². The van der Waals surface area contributed by atoms with Crippen LogP contribution in [0.3, 0.4) is 0 Å². The highest BCUT2D eigenvalue weighted by Gasteiger charge is 2.19. The molecule has 2 aromatic rings. The summed E-state index contributed by atoms with van der Waals surface area (Å²) in [6.07, 6.45) is 9.66. The van der Waals surface area contributed by atoms with Crippen molar-refractivity contribution in [1.82, 2.24) is 9.97 Å². The Morgan fingerprint density at radius 2 is 1.60 bits per heavy atom. The molecule has 0 spiro atoms. The number of sulfonamides is 1. The van der Waals surface area contributed by atoms with E-state index in [-0.39, 0.29) is 0 Å². The molecule has 1 fully saturated rings. The predicted octanol–water partition coefficient (Wildman–Crippen LogP) is 2.76. The zero-order valence-corrected chi connectivity index (χ0v) is 14.9. The van der Waals surface area contributed by atoms with E-state index in [1.165, 1.54) is 24.4 Å². The topological polar surface area (TPSA) is 75.2 Å². The Hall–Kier alpha value is -2.15. The molecule has 1 saturated heterocycles. The summed E-state index contributed by atoms with van der Waals surface area (Å²) in [6, 6.07) is 5.43. The maximum Gasteiger partial charge on any atom is 0.262 e. The highest BCUT2D eigenvalue weighted by Crippen LogP contribution is 2.25. The molecule has 0 unspecified atom stereocenters. The van der Waals surface area contributed by atoms with Gasteiger partial charge in [0.05, 0.1) is 23.0 Å². The monoisotopic (exact) mass is 358 g/mol. The van der Waals surface area contributed by atoms with Crippen LogP contribution in [0.25, 0.3) is 0 Å². The second-order valence-electron chi connectivity index (χ2n) is 6.71. The largest absolute Gasteiger partial charge is 0.341 e. The van der Waals surface area contributed by atoms with Crippen LogP contribution in [0, 0.1) is 0 Å². The lowest BCUT2D eigenvalue weighted by atomic mass is 9.92. The zero-order valence-electron chi connectivity index (χ0n) is 14.1. The molecule has 1 aliphatic heterocycles. The van der Waals surface area contributed by atoms with Gasteiger partial charge in [-0.2, -0.15) is 0 Å². The summed E-state index contributed by atoms with van der Waals surface area (Å²) in [6.45, 7) is 1.92. The number of fused-ring (bicyclic) bond motifs is 1. The van der Waals surface area contributed by atoms with E-state index in [9.17, 15) is 8.42 Å². The van der Waals surface area contributed by atoms with E-state index in [2.05, 4.69) is 19.6 Å². The Morgan fingerprint density at radius 3 is 2.32 bits per heavy atom. The molecule has 6 nitrogen and oxygen atoms in total. The first-order valence-electron chi connectivity index (χ1n) is 8.83. The van der Waals surface area contributed by atoms with Crippen molar-refractivity contribution < 1.29 is 8.42 Å². The molecule has 0 saturated carbocycles. The lowest BCUT2D eigenvalue weighted by Gasteiger charge is -2.17. The molecule has 0 amide bonds. The normalized spacial score (nSPS) is 17.4. The summed E-state index contributed by atoms with van der Waals surface area (Å²) in [5.41, 5.74) is 2.80. The van der Waals surface area contributed by atoms with Gasteiger partial charge in [0.15, 0.2) is 0 Å². The van der Waals surface area contributed by atoms with E-state index < -0.39 is 10.0 Å². The Balaban J connectivity index is 1.52. The molecular weight excluding hydrogens is 336 g/mol. The number of nitrogens with one attached hydrogen (secondary N) is 1. The third-order valence-corrected chi connectivity index (χ3v) is 6.29. The van der Waals surface area contributed by atoms with Gasteiger partial charge in [0, 0.05) is 13.1 Å². The minimum absolute atomic E-state index is 0.303. The van der Waals surface area contributed by atoms with E-state index in [0.29, 0.717) is 16.5 Å². The standard InChI is InChI=1S/C18H22N4O2S/c23-25(24,17-8-7-14-5-1-2-6-15(14)11-17)21-16-12-19-18(20-13-16)22-9-3-4-10-22/h7-8,11-13,21H,1-6,9-10H2.